The fraction of sp³-hybridized carbons (Fsp3) is 0.833. The molecule has 0 aromatic carbocycles. The van der Waals surface area contributed by atoms with E-state index in [-0.39, 0.29) is 5.91 Å². The first-order chi connectivity index (χ1) is 7.25. The van der Waals surface area contributed by atoms with Gasteiger partial charge in [0.15, 0.2) is 0 Å². The topological polar surface area (TPSA) is 63.4 Å². The smallest absolute Gasteiger partial charge is 0.240 e. The molecule has 2 N–H and O–H groups in total. The second-order valence-corrected chi connectivity index (χ2v) is 5.15. The summed E-state index contributed by atoms with van der Waals surface area (Å²) in [6.45, 7) is 7.98. The van der Waals surface area contributed by atoms with Gasteiger partial charge in [-0.05, 0) is 18.3 Å². The minimum absolute atomic E-state index is 0.0144. The number of primary amides is 1. The summed E-state index contributed by atoms with van der Waals surface area (Å²) in [4.78, 5) is 24.6. The van der Waals surface area contributed by atoms with Crippen LogP contribution in [0.3, 0.4) is 0 Å². The highest BCUT2D eigenvalue weighted by Crippen LogP contribution is 2.12. The number of amides is 2. The summed E-state index contributed by atoms with van der Waals surface area (Å²) < 4.78 is 0. The molecule has 94 valence electrons. The molecule has 4 heteroatoms. The molecule has 0 aliphatic carbocycles. The Hall–Kier alpha value is -1.06. The fourth-order valence-corrected chi connectivity index (χ4v) is 1.58. The Morgan fingerprint density at radius 1 is 1.12 bits per heavy atom. The number of nitrogens with two attached hydrogens (primary N) is 1. The van der Waals surface area contributed by atoms with Crippen molar-refractivity contribution < 1.29 is 9.59 Å². The molecular weight excluding hydrogens is 204 g/mol. The van der Waals surface area contributed by atoms with Crippen LogP contribution in [-0.2, 0) is 9.59 Å². The van der Waals surface area contributed by atoms with Crippen LogP contribution < -0.4 is 5.73 Å². The van der Waals surface area contributed by atoms with Crippen molar-refractivity contribution in [2.75, 3.05) is 7.05 Å². The van der Waals surface area contributed by atoms with Crippen LogP contribution in [0, 0.1) is 11.8 Å². The Bertz CT molecular complexity index is 249. The van der Waals surface area contributed by atoms with Crippen molar-refractivity contribution in [1.29, 1.82) is 0 Å². The van der Waals surface area contributed by atoms with Gasteiger partial charge in [-0.15, -0.1) is 0 Å². The molecule has 2 amide bonds. The van der Waals surface area contributed by atoms with Crippen molar-refractivity contribution in [3.63, 3.8) is 0 Å². The Labute approximate surface area is 98.2 Å². The highest BCUT2D eigenvalue weighted by atomic mass is 16.2. The van der Waals surface area contributed by atoms with Gasteiger partial charge in [0.25, 0.3) is 0 Å². The van der Waals surface area contributed by atoms with Gasteiger partial charge in [0.2, 0.25) is 11.8 Å². The third-order valence-corrected chi connectivity index (χ3v) is 2.47. The summed E-state index contributed by atoms with van der Waals surface area (Å²) in [6, 6.07) is -0.480. The van der Waals surface area contributed by atoms with Gasteiger partial charge in [-0.3, -0.25) is 9.59 Å². The first kappa shape index (κ1) is 14.9. The van der Waals surface area contributed by atoms with Gasteiger partial charge in [0.1, 0.15) is 6.04 Å². The zero-order valence-corrected chi connectivity index (χ0v) is 11.0. The van der Waals surface area contributed by atoms with E-state index in [1.165, 1.54) is 4.90 Å². The van der Waals surface area contributed by atoms with Gasteiger partial charge in [-0.1, -0.05) is 27.7 Å². The number of likely N-dealkylation sites (N-methyl/N-ethyl adjacent to an activating group) is 1. The van der Waals surface area contributed by atoms with Crippen molar-refractivity contribution in [1.82, 2.24) is 4.90 Å². The van der Waals surface area contributed by atoms with E-state index in [9.17, 15) is 9.59 Å². The number of carbonyl (C=O) groups is 2. The number of nitrogens with zero attached hydrogens (tertiary/aromatic N) is 1. The zero-order chi connectivity index (χ0) is 12.9. The molecule has 0 aliphatic rings. The fourth-order valence-electron chi connectivity index (χ4n) is 1.58. The molecule has 0 rings (SSSR count). The number of carbonyl (C=O) groups excluding carboxylic acids is 2. The van der Waals surface area contributed by atoms with Crippen LogP contribution in [-0.4, -0.2) is 29.8 Å². The SMILES string of the molecule is CC(C)CC(=O)N(C)[C@@H](CC(C)C)C(N)=O. The average Bonchev–Trinajstić information content (AvgIpc) is 2.11. The van der Waals surface area contributed by atoms with Crippen LogP contribution in [0.25, 0.3) is 0 Å². The number of hydrogen-bond acceptors (Lipinski definition) is 2. The minimum Gasteiger partial charge on any atom is -0.368 e. The molecule has 1 atom stereocenters. The summed E-state index contributed by atoms with van der Waals surface area (Å²) in [7, 11) is 1.66. The highest BCUT2D eigenvalue weighted by Gasteiger charge is 2.25. The van der Waals surface area contributed by atoms with E-state index in [0.29, 0.717) is 24.7 Å². The summed E-state index contributed by atoms with van der Waals surface area (Å²) >= 11 is 0. The normalized spacial score (nSPS) is 12.9. The second kappa shape index (κ2) is 6.51. The molecule has 0 aromatic heterocycles. The molecule has 0 spiro atoms. The summed E-state index contributed by atoms with van der Waals surface area (Å²) in [5.41, 5.74) is 5.32. The monoisotopic (exact) mass is 228 g/mol. The zero-order valence-electron chi connectivity index (χ0n) is 11.0. The molecule has 0 fully saturated rings. The lowest BCUT2D eigenvalue weighted by atomic mass is 10.0. The Kier molecular flexibility index (Phi) is 6.08. The molecule has 0 aliphatic heterocycles. The molecule has 0 saturated carbocycles. The van der Waals surface area contributed by atoms with E-state index in [1.54, 1.807) is 7.05 Å². The molecule has 0 bridgehead atoms. The summed E-state index contributed by atoms with van der Waals surface area (Å²) in [5, 5.41) is 0. The second-order valence-electron chi connectivity index (χ2n) is 5.15. The van der Waals surface area contributed by atoms with E-state index >= 15 is 0 Å². The van der Waals surface area contributed by atoms with Crippen LogP contribution in [0.5, 0.6) is 0 Å². The van der Waals surface area contributed by atoms with E-state index in [1.807, 2.05) is 27.7 Å². The van der Waals surface area contributed by atoms with E-state index in [0.717, 1.165) is 0 Å². The first-order valence-corrected chi connectivity index (χ1v) is 5.80. The van der Waals surface area contributed by atoms with Crippen molar-refractivity contribution in [2.24, 2.45) is 17.6 Å². The third-order valence-electron chi connectivity index (χ3n) is 2.47. The molecule has 0 saturated heterocycles. The van der Waals surface area contributed by atoms with Gasteiger partial charge in [-0.2, -0.15) is 0 Å². The molecule has 0 radical (unpaired) electrons. The van der Waals surface area contributed by atoms with Gasteiger partial charge in [-0.25, -0.2) is 0 Å². The van der Waals surface area contributed by atoms with Gasteiger partial charge in [0.05, 0.1) is 0 Å². The molecule has 0 aromatic rings. The lowest BCUT2D eigenvalue weighted by Gasteiger charge is -2.27. The maximum atomic E-state index is 11.8. The molecule has 16 heavy (non-hydrogen) atoms. The predicted molar refractivity (Wildman–Crippen MR) is 64.7 cm³/mol. The largest absolute Gasteiger partial charge is 0.368 e. The van der Waals surface area contributed by atoms with Crippen molar-refractivity contribution in [3.05, 3.63) is 0 Å². The van der Waals surface area contributed by atoms with Crippen molar-refractivity contribution in [2.45, 2.75) is 46.6 Å². The van der Waals surface area contributed by atoms with Crippen LogP contribution >= 0.6 is 0 Å². The van der Waals surface area contributed by atoms with E-state index < -0.39 is 11.9 Å². The van der Waals surface area contributed by atoms with Crippen molar-refractivity contribution in [3.8, 4) is 0 Å². The van der Waals surface area contributed by atoms with Crippen LogP contribution in [0.1, 0.15) is 40.5 Å². The number of hydrogen-bond donors (Lipinski definition) is 1. The molecule has 4 nitrogen and oxygen atoms in total. The average molecular weight is 228 g/mol. The quantitative estimate of drug-likeness (QED) is 0.746. The summed E-state index contributed by atoms with van der Waals surface area (Å²) in [5.74, 6) is 0.196. The Morgan fingerprint density at radius 3 is 1.94 bits per heavy atom. The summed E-state index contributed by atoms with van der Waals surface area (Å²) in [6.07, 6.45) is 1.08. The van der Waals surface area contributed by atoms with Gasteiger partial charge >= 0.3 is 0 Å². The third kappa shape index (κ3) is 5.14. The highest BCUT2D eigenvalue weighted by molar-refractivity contribution is 5.86. The lowest BCUT2D eigenvalue weighted by Crippen LogP contribution is -2.46. The minimum atomic E-state index is -0.480. The first-order valence-electron chi connectivity index (χ1n) is 5.80. The van der Waals surface area contributed by atoms with Gasteiger partial charge in [0, 0.05) is 13.5 Å². The Morgan fingerprint density at radius 2 is 1.62 bits per heavy atom. The predicted octanol–water partition coefficient (Wildman–Crippen LogP) is 1.39. The molecular formula is C12H24N2O2. The standard InChI is InChI=1S/C12H24N2O2/c1-8(2)6-10(12(13)16)14(5)11(15)7-9(3)4/h8-10H,6-7H2,1-5H3,(H2,13,16)/t10-/m0/s1. The van der Waals surface area contributed by atoms with E-state index in [2.05, 4.69) is 0 Å². The Balaban J connectivity index is 4.54. The molecule has 0 heterocycles. The maximum Gasteiger partial charge on any atom is 0.240 e. The van der Waals surface area contributed by atoms with Crippen LogP contribution in [0.2, 0.25) is 0 Å². The van der Waals surface area contributed by atoms with Crippen LogP contribution in [0.15, 0.2) is 0 Å². The lowest BCUT2D eigenvalue weighted by molar-refractivity contribution is -0.138. The van der Waals surface area contributed by atoms with Gasteiger partial charge < -0.3 is 10.6 Å². The molecule has 0 unspecified atom stereocenters. The van der Waals surface area contributed by atoms with Crippen LogP contribution in [0.4, 0.5) is 0 Å². The maximum absolute atomic E-state index is 11.8. The number of rotatable bonds is 6. The van der Waals surface area contributed by atoms with Crippen molar-refractivity contribution >= 4 is 11.8 Å². The van der Waals surface area contributed by atoms with E-state index in [4.69, 9.17) is 5.73 Å².